The number of carboxylic acid groups (broad SMARTS) is 1. The molecule has 1 rings (SSSR count). The summed E-state index contributed by atoms with van der Waals surface area (Å²) in [6, 6.07) is 1.75. The van der Waals surface area contributed by atoms with Crippen LogP contribution in [0.25, 0.3) is 0 Å². The molecule has 0 fully saturated rings. The molecule has 0 aliphatic carbocycles. The van der Waals surface area contributed by atoms with Gasteiger partial charge in [0.25, 0.3) is 0 Å². The minimum atomic E-state index is -0.838. The van der Waals surface area contributed by atoms with Crippen molar-refractivity contribution in [3.63, 3.8) is 0 Å². The number of nitrogens with zero attached hydrogens (tertiary/aromatic N) is 2. The average Bonchev–Trinajstić information content (AvgIpc) is 2.39. The van der Waals surface area contributed by atoms with Crippen LogP contribution < -0.4 is 5.32 Å². The van der Waals surface area contributed by atoms with E-state index >= 15 is 0 Å². The van der Waals surface area contributed by atoms with Crippen molar-refractivity contribution < 1.29 is 15.0 Å². The van der Waals surface area contributed by atoms with Crippen LogP contribution in [0.2, 0.25) is 0 Å². The summed E-state index contributed by atoms with van der Waals surface area (Å²) >= 11 is 0. The van der Waals surface area contributed by atoms with Gasteiger partial charge in [-0.15, -0.1) is 0 Å². The van der Waals surface area contributed by atoms with Crippen LogP contribution in [-0.4, -0.2) is 45.8 Å². The Morgan fingerprint density at radius 2 is 2.00 bits per heavy atom. The van der Waals surface area contributed by atoms with Crippen molar-refractivity contribution >= 4 is 11.8 Å². The first kappa shape index (κ1) is 17.0. The predicted molar refractivity (Wildman–Crippen MR) is 75.6 cm³/mol. The molecule has 0 radical (unpaired) electrons. The Kier molecular flexibility index (Phi) is 8.95. The average molecular weight is 269 g/mol. The molecule has 19 heavy (non-hydrogen) atoms. The van der Waals surface area contributed by atoms with Gasteiger partial charge in [-0.05, 0) is 26.3 Å². The Bertz CT molecular complexity index is 368. The minimum Gasteiger partial charge on any atom is -0.504 e. The van der Waals surface area contributed by atoms with Crippen molar-refractivity contribution in [2.75, 3.05) is 25.0 Å². The van der Waals surface area contributed by atoms with Crippen LogP contribution in [0.4, 0.5) is 10.5 Å². The Morgan fingerprint density at radius 1 is 1.37 bits per heavy atom. The Balaban J connectivity index is 0.000000362. The van der Waals surface area contributed by atoms with Crippen LogP contribution in [0, 0.1) is 0 Å². The van der Waals surface area contributed by atoms with Crippen LogP contribution >= 0.6 is 0 Å². The summed E-state index contributed by atoms with van der Waals surface area (Å²) in [5.74, 6) is 0.209. The van der Waals surface area contributed by atoms with E-state index in [0.29, 0.717) is 13.1 Å². The molecule has 0 spiro atoms. The smallest absolute Gasteiger partial charge is 0.407 e. The molecular weight excluding hydrogens is 246 g/mol. The molecule has 3 N–H and O–H groups in total. The summed E-state index contributed by atoms with van der Waals surface area (Å²) in [5.41, 5.74) is 0.752. The number of nitrogens with one attached hydrogen (secondary N) is 1. The third-order valence-corrected chi connectivity index (χ3v) is 2.40. The summed E-state index contributed by atoms with van der Waals surface area (Å²) in [4.78, 5) is 15.2. The van der Waals surface area contributed by atoms with Gasteiger partial charge in [-0.2, -0.15) is 0 Å². The zero-order chi connectivity index (χ0) is 14.7. The van der Waals surface area contributed by atoms with Crippen molar-refractivity contribution in [3.05, 3.63) is 18.5 Å². The second kappa shape index (κ2) is 9.99. The van der Waals surface area contributed by atoms with Crippen molar-refractivity contribution in [2.45, 2.75) is 27.2 Å². The van der Waals surface area contributed by atoms with E-state index in [1.807, 2.05) is 13.8 Å². The number of aromatic hydroxyl groups is 1. The molecule has 0 aromatic carbocycles. The van der Waals surface area contributed by atoms with Gasteiger partial charge in [0.2, 0.25) is 0 Å². The number of amides is 1. The first-order valence-corrected chi connectivity index (χ1v) is 6.41. The van der Waals surface area contributed by atoms with E-state index in [1.165, 1.54) is 11.1 Å². The van der Waals surface area contributed by atoms with Gasteiger partial charge in [-0.3, -0.25) is 4.98 Å². The van der Waals surface area contributed by atoms with E-state index in [-0.39, 0.29) is 5.75 Å². The third kappa shape index (κ3) is 7.13. The van der Waals surface area contributed by atoms with E-state index < -0.39 is 6.09 Å². The molecule has 108 valence electrons. The molecule has 0 saturated heterocycles. The lowest BCUT2D eigenvalue weighted by Crippen LogP contribution is -2.28. The Morgan fingerprint density at radius 3 is 2.37 bits per heavy atom. The van der Waals surface area contributed by atoms with Crippen molar-refractivity contribution in [2.24, 2.45) is 0 Å². The topological polar surface area (TPSA) is 85.7 Å². The SMILES string of the molecule is CCCNc1ccncc1O.CCN(CC)C(=O)O. The largest absolute Gasteiger partial charge is 0.504 e. The van der Waals surface area contributed by atoms with E-state index in [1.54, 1.807) is 12.3 Å². The molecule has 6 heteroatoms. The van der Waals surface area contributed by atoms with Gasteiger partial charge in [0.1, 0.15) is 0 Å². The third-order valence-electron chi connectivity index (χ3n) is 2.40. The van der Waals surface area contributed by atoms with Crippen LogP contribution in [0.1, 0.15) is 27.2 Å². The molecule has 1 heterocycles. The van der Waals surface area contributed by atoms with Crippen molar-refractivity contribution in [1.29, 1.82) is 0 Å². The maximum Gasteiger partial charge on any atom is 0.407 e. The Labute approximate surface area is 114 Å². The van der Waals surface area contributed by atoms with E-state index in [0.717, 1.165) is 18.7 Å². The number of aromatic nitrogens is 1. The summed E-state index contributed by atoms with van der Waals surface area (Å²) in [5, 5.41) is 20.6. The molecule has 1 aromatic rings. The molecule has 0 atom stereocenters. The fourth-order valence-electron chi connectivity index (χ4n) is 1.29. The molecule has 1 aromatic heterocycles. The van der Waals surface area contributed by atoms with Crippen LogP contribution in [0.15, 0.2) is 18.5 Å². The molecule has 0 unspecified atom stereocenters. The summed E-state index contributed by atoms with van der Waals surface area (Å²) < 4.78 is 0. The fourth-order valence-corrected chi connectivity index (χ4v) is 1.29. The maximum absolute atomic E-state index is 10.1. The molecule has 0 bridgehead atoms. The summed E-state index contributed by atoms with van der Waals surface area (Å²) in [6.07, 6.45) is 3.28. The molecule has 1 amide bonds. The standard InChI is InChI=1S/C8H12N2O.C5H11NO2/c1-2-4-10-7-3-5-9-6-8(7)11;1-3-6(4-2)5(7)8/h3,5-6,11H,2,4H2,1H3,(H,9,10);3-4H2,1-2H3,(H,7,8). The lowest BCUT2D eigenvalue weighted by Gasteiger charge is -2.12. The maximum atomic E-state index is 10.1. The van der Waals surface area contributed by atoms with Gasteiger partial charge in [0.15, 0.2) is 5.75 Å². The lowest BCUT2D eigenvalue weighted by atomic mass is 10.3. The minimum absolute atomic E-state index is 0.209. The quantitative estimate of drug-likeness (QED) is 0.765. The summed E-state index contributed by atoms with van der Waals surface area (Å²) in [6.45, 7) is 7.73. The van der Waals surface area contributed by atoms with Gasteiger partial charge in [-0.1, -0.05) is 6.92 Å². The van der Waals surface area contributed by atoms with Crippen molar-refractivity contribution in [1.82, 2.24) is 9.88 Å². The predicted octanol–water partition coefficient (Wildman–Crippen LogP) is 2.62. The number of pyridine rings is 1. The number of anilines is 1. The van der Waals surface area contributed by atoms with Gasteiger partial charge in [0, 0.05) is 25.8 Å². The molecule has 6 nitrogen and oxygen atoms in total. The highest BCUT2D eigenvalue weighted by atomic mass is 16.4. The van der Waals surface area contributed by atoms with E-state index in [2.05, 4.69) is 17.2 Å². The second-order valence-corrected chi connectivity index (χ2v) is 3.77. The first-order chi connectivity index (χ1) is 9.06. The molecule has 0 aliphatic heterocycles. The lowest BCUT2D eigenvalue weighted by molar-refractivity contribution is 0.150. The van der Waals surface area contributed by atoms with Crippen LogP contribution in [0.5, 0.6) is 5.75 Å². The van der Waals surface area contributed by atoms with Gasteiger partial charge in [-0.25, -0.2) is 4.79 Å². The highest BCUT2D eigenvalue weighted by Crippen LogP contribution is 2.19. The highest BCUT2D eigenvalue weighted by Gasteiger charge is 2.03. The fraction of sp³-hybridized carbons (Fsp3) is 0.538. The molecule has 0 saturated carbocycles. The van der Waals surface area contributed by atoms with Crippen LogP contribution in [-0.2, 0) is 0 Å². The zero-order valence-electron chi connectivity index (χ0n) is 11.8. The van der Waals surface area contributed by atoms with E-state index in [4.69, 9.17) is 5.11 Å². The highest BCUT2D eigenvalue weighted by molar-refractivity contribution is 5.64. The number of hydrogen-bond acceptors (Lipinski definition) is 4. The first-order valence-electron chi connectivity index (χ1n) is 6.41. The molecular formula is C13H23N3O3. The zero-order valence-corrected chi connectivity index (χ0v) is 11.8. The van der Waals surface area contributed by atoms with Gasteiger partial charge in [0.05, 0.1) is 11.9 Å². The monoisotopic (exact) mass is 269 g/mol. The summed E-state index contributed by atoms with van der Waals surface area (Å²) in [7, 11) is 0. The molecule has 0 aliphatic rings. The van der Waals surface area contributed by atoms with Crippen molar-refractivity contribution in [3.8, 4) is 5.75 Å². The normalized spacial score (nSPS) is 9.21. The van der Waals surface area contributed by atoms with E-state index in [9.17, 15) is 9.90 Å². The van der Waals surface area contributed by atoms with Gasteiger partial charge >= 0.3 is 6.09 Å². The Hall–Kier alpha value is -1.98. The number of hydrogen-bond donors (Lipinski definition) is 3. The van der Waals surface area contributed by atoms with Gasteiger partial charge < -0.3 is 20.4 Å². The van der Waals surface area contributed by atoms with Crippen LogP contribution in [0.3, 0.4) is 0 Å². The number of carbonyl (C=O) groups is 1. The second-order valence-electron chi connectivity index (χ2n) is 3.77. The number of rotatable bonds is 5.